The first-order valence-corrected chi connectivity index (χ1v) is 11.1. The van der Waals surface area contributed by atoms with Crippen LogP contribution in [0.3, 0.4) is 0 Å². The van der Waals surface area contributed by atoms with E-state index in [1.54, 1.807) is 11.9 Å². The molecule has 3 aromatic carbocycles. The van der Waals surface area contributed by atoms with Crippen molar-refractivity contribution < 1.29 is 9.59 Å². The number of fused-ring (bicyclic) bond motifs is 1. The molecule has 1 heterocycles. The Bertz CT molecular complexity index is 1260. The number of nitrogens with zero attached hydrogens (tertiary/aromatic N) is 2. The van der Waals surface area contributed by atoms with E-state index in [9.17, 15) is 9.59 Å². The molecule has 4 aromatic rings. The highest BCUT2D eigenvalue weighted by molar-refractivity contribution is 5.99. The van der Waals surface area contributed by atoms with Crippen LogP contribution < -0.4 is 10.2 Å². The third kappa shape index (κ3) is 4.82. The van der Waals surface area contributed by atoms with Crippen molar-refractivity contribution in [2.75, 3.05) is 11.9 Å². The number of likely N-dealkylation sites (N-methyl/N-ethyl adjacent to an activating group) is 1. The molecule has 1 aromatic heterocycles. The van der Waals surface area contributed by atoms with E-state index in [2.05, 4.69) is 16.0 Å². The molecular formula is C28H29N3O2. The lowest BCUT2D eigenvalue weighted by molar-refractivity contribution is -0.127. The van der Waals surface area contributed by atoms with Gasteiger partial charge in [-0.3, -0.25) is 9.59 Å². The summed E-state index contributed by atoms with van der Waals surface area (Å²) in [5, 5.41) is 4.10. The Hall–Kier alpha value is -3.86. The molecule has 0 spiro atoms. The topological polar surface area (TPSA) is 54.3 Å². The first-order chi connectivity index (χ1) is 16.0. The summed E-state index contributed by atoms with van der Waals surface area (Å²) >= 11 is 0. The van der Waals surface area contributed by atoms with Gasteiger partial charge in [-0.15, -0.1) is 0 Å². The van der Waals surface area contributed by atoms with Crippen molar-refractivity contribution in [2.45, 2.75) is 25.8 Å². The van der Waals surface area contributed by atoms with E-state index in [1.165, 1.54) is 0 Å². The van der Waals surface area contributed by atoms with E-state index in [4.69, 9.17) is 0 Å². The number of nitrogens with one attached hydrogen (secondary N) is 1. The van der Waals surface area contributed by atoms with Crippen LogP contribution in [0.4, 0.5) is 5.69 Å². The zero-order valence-electron chi connectivity index (χ0n) is 19.3. The number of anilines is 1. The molecule has 0 unspecified atom stereocenters. The minimum absolute atomic E-state index is 0.145. The largest absolute Gasteiger partial charge is 0.348 e. The molecule has 5 nitrogen and oxygen atoms in total. The summed E-state index contributed by atoms with van der Waals surface area (Å²) in [6.45, 7) is 2.03. The molecule has 0 radical (unpaired) electrons. The van der Waals surface area contributed by atoms with Gasteiger partial charge in [-0.2, -0.15) is 0 Å². The molecule has 0 bridgehead atoms. The summed E-state index contributed by atoms with van der Waals surface area (Å²) in [5.74, 6) is -0.307. The fraction of sp³-hybridized carbons (Fsp3) is 0.214. The van der Waals surface area contributed by atoms with Gasteiger partial charge < -0.3 is 14.8 Å². The van der Waals surface area contributed by atoms with Gasteiger partial charge >= 0.3 is 0 Å². The van der Waals surface area contributed by atoms with Crippen LogP contribution in [-0.4, -0.2) is 29.5 Å². The van der Waals surface area contributed by atoms with Crippen LogP contribution >= 0.6 is 0 Å². The number of hydrogen-bond acceptors (Lipinski definition) is 2. The van der Waals surface area contributed by atoms with Gasteiger partial charge in [-0.05, 0) is 36.2 Å². The van der Waals surface area contributed by atoms with Gasteiger partial charge in [0.25, 0.3) is 0 Å². The van der Waals surface area contributed by atoms with Crippen molar-refractivity contribution in [3.8, 4) is 0 Å². The molecule has 0 aliphatic carbocycles. The van der Waals surface area contributed by atoms with Crippen molar-refractivity contribution in [1.29, 1.82) is 0 Å². The average molecular weight is 440 g/mol. The molecular weight excluding hydrogens is 410 g/mol. The molecule has 1 N–H and O–H groups in total. The zero-order chi connectivity index (χ0) is 23.4. The molecule has 168 valence electrons. The maximum atomic E-state index is 13.4. The Morgan fingerprint density at radius 3 is 2.21 bits per heavy atom. The predicted octanol–water partition coefficient (Wildman–Crippen LogP) is 4.42. The highest BCUT2D eigenvalue weighted by atomic mass is 16.2. The number of benzene rings is 3. The standard InChI is InChI=1S/C28H29N3O2/c1-20-24(23-16-10-11-17-26(23)30(20)2)19-27(32)29-25(18-21-12-6-4-7-13-21)28(33)31(3)22-14-8-5-9-15-22/h4-17,25H,18-19H2,1-3H3,(H,29,32)/t25-/m0/s1. The molecule has 4 rings (SSSR count). The van der Waals surface area contributed by atoms with Crippen molar-refractivity contribution in [3.63, 3.8) is 0 Å². The van der Waals surface area contributed by atoms with Crippen LogP contribution in [0.25, 0.3) is 10.9 Å². The van der Waals surface area contributed by atoms with Crippen LogP contribution in [0.15, 0.2) is 84.9 Å². The Labute approximate surface area is 194 Å². The normalized spacial score (nSPS) is 11.8. The molecule has 0 aliphatic rings. The van der Waals surface area contributed by atoms with E-state index < -0.39 is 6.04 Å². The van der Waals surface area contributed by atoms with Crippen molar-refractivity contribution in [1.82, 2.24) is 9.88 Å². The minimum atomic E-state index is -0.666. The van der Waals surface area contributed by atoms with E-state index in [0.717, 1.165) is 33.4 Å². The molecule has 33 heavy (non-hydrogen) atoms. The fourth-order valence-corrected chi connectivity index (χ4v) is 4.29. The first-order valence-electron chi connectivity index (χ1n) is 11.1. The van der Waals surface area contributed by atoms with Gasteiger partial charge in [-0.25, -0.2) is 0 Å². The number of amides is 2. The smallest absolute Gasteiger partial charge is 0.249 e. The number of rotatable bonds is 7. The molecule has 2 amide bonds. The first kappa shape index (κ1) is 22.3. The van der Waals surface area contributed by atoms with Gasteiger partial charge in [0.15, 0.2) is 0 Å². The summed E-state index contributed by atoms with van der Waals surface area (Å²) in [7, 11) is 3.76. The maximum Gasteiger partial charge on any atom is 0.249 e. The van der Waals surface area contributed by atoms with Crippen molar-refractivity contribution >= 4 is 28.4 Å². The summed E-state index contributed by atoms with van der Waals surface area (Å²) in [5.41, 5.74) is 4.93. The Kier molecular flexibility index (Phi) is 6.59. The molecule has 0 aliphatic heterocycles. The summed E-state index contributed by atoms with van der Waals surface area (Å²) < 4.78 is 2.10. The number of aryl methyl sites for hydroxylation is 1. The van der Waals surface area contributed by atoms with E-state index in [0.29, 0.717) is 6.42 Å². The number of para-hydroxylation sites is 2. The average Bonchev–Trinajstić information content (AvgIpc) is 3.09. The van der Waals surface area contributed by atoms with Crippen molar-refractivity contribution in [2.24, 2.45) is 7.05 Å². The highest BCUT2D eigenvalue weighted by Gasteiger charge is 2.26. The Morgan fingerprint density at radius 2 is 1.52 bits per heavy atom. The second-order valence-corrected chi connectivity index (χ2v) is 8.36. The lowest BCUT2D eigenvalue weighted by Crippen LogP contribution is -2.49. The van der Waals surface area contributed by atoms with Gasteiger partial charge in [-0.1, -0.05) is 66.7 Å². The minimum Gasteiger partial charge on any atom is -0.348 e. The highest BCUT2D eigenvalue weighted by Crippen LogP contribution is 2.25. The summed E-state index contributed by atoms with van der Waals surface area (Å²) in [6.07, 6.45) is 0.651. The Morgan fingerprint density at radius 1 is 0.909 bits per heavy atom. The third-order valence-corrected chi connectivity index (χ3v) is 6.26. The van der Waals surface area contributed by atoms with Gasteiger partial charge in [0.1, 0.15) is 6.04 Å². The molecule has 0 saturated heterocycles. The van der Waals surface area contributed by atoms with Crippen LogP contribution in [0.2, 0.25) is 0 Å². The number of carbonyl (C=O) groups is 2. The molecule has 1 atom stereocenters. The summed E-state index contributed by atoms with van der Waals surface area (Å²) in [6, 6.07) is 26.7. The fourth-order valence-electron chi connectivity index (χ4n) is 4.29. The number of aromatic nitrogens is 1. The lowest BCUT2D eigenvalue weighted by Gasteiger charge is -2.25. The Balaban J connectivity index is 1.58. The predicted molar refractivity (Wildman–Crippen MR) is 133 cm³/mol. The lowest BCUT2D eigenvalue weighted by atomic mass is 10.0. The molecule has 5 heteroatoms. The van der Waals surface area contributed by atoms with Gasteiger partial charge in [0, 0.05) is 42.8 Å². The van der Waals surface area contributed by atoms with Crippen molar-refractivity contribution in [3.05, 3.63) is 102 Å². The summed E-state index contributed by atoms with van der Waals surface area (Å²) in [4.78, 5) is 28.2. The van der Waals surface area contributed by atoms with E-state index in [1.807, 2.05) is 92.8 Å². The van der Waals surface area contributed by atoms with Crippen LogP contribution in [0.1, 0.15) is 16.8 Å². The van der Waals surface area contributed by atoms with Crippen LogP contribution in [-0.2, 0) is 29.5 Å². The second kappa shape index (κ2) is 9.74. The van der Waals surface area contributed by atoms with E-state index >= 15 is 0 Å². The monoisotopic (exact) mass is 439 g/mol. The van der Waals surface area contributed by atoms with Gasteiger partial charge in [0.2, 0.25) is 11.8 Å². The number of hydrogen-bond donors (Lipinski definition) is 1. The number of carbonyl (C=O) groups excluding carboxylic acids is 2. The second-order valence-electron chi connectivity index (χ2n) is 8.36. The SMILES string of the molecule is Cc1c(CC(=O)N[C@@H](Cc2ccccc2)C(=O)N(C)c2ccccc2)c2ccccc2n1C. The zero-order valence-corrected chi connectivity index (χ0v) is 19.3. The molecule has 0 saturated carbocycles. The van der Waals surface area contributed by atoms with Crippen LogP contribution in [0.5, 0.6) is 0 Å². The van der Waals surface area contributed by atoms with Gasteiger partial charge in [0.05, 0.1) is 6.42 Å². The van der Waals surface area contributed by atoms with E-state index in [-0.39, 0.29) is 18.2 Å². The quantitative estimate of drug-likeness (QED) is 0.463. The third-order valence-electron chi connectivity index (χ3n) is 6.26. The molecule has 0 fully saturated rings. The maximum absolute atomic E-state index is 13.4. The van der Waals surface area contributed by atoms with Crippen LogP contribution in [0, 0.1) is 6.92 Å².